The van der Waals surface area contributed by atoms with E-state index in [0.717, 1.165) is 42.6 Å². The van der Waals surface area contributed by atoms with E-state index >= 15 is 0 Å². The van der Waals surface area contributed by atoms with Gasteiger partial charge in [0, 0.05) is 24.7 Å². The van der Waals surface area contributed by atoms with Gasteiger partial charge in [0.2, 0.25) is 5.91 Å². The average Bonchev–Trinajstić information content (AvgIpc) is 2.98. The second kappa shape index (κ2) is 8.61. The van der Waals surface area contributed by atoms with Gasteiger partial charge in [0.25, 0.3) is 0 Å². The van der Waals surface area contributed by atoms with Crippen molar-refractivity contribution >= 4 is 17.6 Å². The monoisotopic (exact) mass is 433 g/mol. The predicted octanol–water partition coefficient (Wildman–Crippen LogP) is 5.16. The molecule has 32 heavy (non-hydrogen) atoms. The molecule has 170 valence electrons. The fraction of sp³-hybridized carbons (Fsp3) is 0.481. The first-order valence-corrected chi connectivity index (χ1v) is 11.6. The quantitative estimate of drug-likeness (QED) is 0.685. The van der Waals surface area contributed by atoms with Crippen molar-refractivity contribution in [3.05, 3.63) is 65.7 Å². The highest BCUT2D eigenvalue weighted by atomic mass is 16.2. The van der Waals surface area contributed by atoms with Crippen molar-refractivity contribution in [1.82, 2.24) is 10.2 Å². The van der Waals surface area contributed by atoms with Crippen LogP contribution in [0.15, 0.2) is 54.6 Å². The van der Waals surface area contributed by atoms with Gasteiger partial charge in [-0.15, -0.1) is 0 Å². The summed E-state index contributed by atoms with van der Waals surface area (Å²) >= 11 is 0. The molecule has 5 nitrogen and oxygen atoms in total. The minimum atomic E-state index is -0.604. The van der Waals surface area contributed by atoms with Crippen molar-refractivity contribution in [3.8, 4) is 0 Å². The lowest BCUT2D eigenvalue weighted by Crippen LogP contribution is -2.52. The Hall–Kier alpha value is -2.82. The Balaban J connectivity index is 1.53. The Labute approximate surface area is 191 Å². The number of carbonyl (C=O) groups excluding carboxylic acids is 2. The Bertz CT molecular complexity index is 987. The summed E-state index contributed by atoms with van der Waals surface area (Å²) in [4.78, 5) is 28.7. The van der Waals surface area contributed by atoms with E-state index in [-0.39, 0.29) is 28.8 Å². The van der Waals surface area contributed by atoms with Gasteiger partial charge in [0.15, 0.2) is 0 Å². The second-order valence-corrected chi connectivity index (χ2v) is 10.8. The lowest BCUT2D eigenvalue weighted by atomic mass is 9.65. The number of likely N-dealkylation sites (tertiary alicyclic amines) is 1. The molecule has 2 aromatic rings. The van der Waals surface area contributed by atoms with Crippen LogP contribution in [0.3, 0.4) is 0 Å². The summed E-state index contributed by atoms with van der Waals surface area (Å²) < 4.78 is 0. The molecule has 5 heteroatoms. The van der Waals surface area contributed by atoms with Crippen LogP contribution in [0.5, 0.6) is 0 Å². The number of hydrogen-bond donors (Lipinski definition) is 2. The van der Waals surface area contributed by atoms with Crippen LogP contribution in [0, 0.1) is 17.8 Å². The van der Waals surface area contributed by atoms with E-state index in [2.05, 4.69) is 36.3 Å². The maximum Gasteiger partial charge on any atom is 0.319 e. The maximum absolute atomic E-state index is 13.8. The fourth-order valence-electron chi connectivity index (χ4n) is 6.00. The first-order chi connectivity index (χ1) is 15.1. The summed E-state index contributed by atoms with van der Waals surface area (Å²) in [5.41, 5.74) is 3.16. The third-order valence-corrected chi connectivity index (χ3v) is 6.98. The average molecular weight is 434 g/mol. The lowest BCUT2D eigenvalue weighted by molar-refractivity contribution is -0.134. The minimum absolute atomic E-state index is 0.0280. The van der Waals surface area contributed by atoms with Gasteiger partial charge < -0.3 is 15.5 Å². The summed E-state index contributed by atoms with van der Waals surface area (Å²) in [5.74, 6) is 0.0280. The first kappa shape index (κ1) is 22.4. The highest BCUT2D eigenvalue weighted by molar-refractivity contribution is 5.94. The highest BCUT2D eigenvalue weighted by Gasteiger charge is 2.51. The van der Waals surface area contributed by atoms with Gasteiger partial charge in [-0.1, -0.05) is 69.3 Å². The third kappa shape index (κ3) is 4.98. The van der Waals surface area contributed by atoms with E-state index in [1.807, 2.05) is 61.5 Å². The van der Waals surface area contributed by atoms with Gasteiger partial charge in [-0.3, -0.25) is 4.79 Å². The molecular weight excluding hydrogens is 398 g/mol. The van der Waals surface area contributed by atoms with Crippen molar-refractivity contribution < 1.29 is 9.59 Å². The van der Waals surface area contributed by atoms with Gasteiger partial charge >= 0.3 is 6.03 Å². The zero-order chi connectivity index (χ0) is 22.9. The smallest absolute Gasteiger partial charge is 0.319 e. The molecule has 2 N–H and O–H groups in total. The summed E-state index contributed by atoms with van der Waals surface area (Å²) in [7, 11) is 0. The molecule has 2 bridgehead atoms. The largest absolute Gasteiger partial charge is 0.337 e. The molecule has 0 radical (unpaired) electrons. The molecule has 1 aliphatic heterocycles. The zero-order valence-electron chi connectivity index (χ0n) is 19.7. The summed E-state index contributed by atoms with van der Waals surface area (Å²) in [6, 6.07) is 16.9. The molecule has 2 aliphatic rings. The van der Waals surface area contributed by atoms with Crippen LogP contribution < -0.4 is 10.6 Å². The number of benzene rings is 2. The van der Waals surface area contributed by atoms with E-state index in [0.29, 0.717) is 6.42 Å². The Morgan fingerprint density at radius 1 is 1.03 bits per heavy atom. The van der Waals surface area contributed by atoms with Gasteiger partial charge in [0.05, 0.1) is 0 Å². The topological polar surface area (TPSA) is 61.4 Å². The van der Waals surface area contributed by atoms with Crippen LogP contribution in [0.4, 0.5) is 10.5 Å². The lowest BCUT2D eigenvalue weighted by Gasteiger charge is -2.39. The number of hydrogen-bond acceptors (Lipinski definition) is 2. The molecule has 1 heterocycles. The van der Waals surface area contributed by atoms with E-state index in [1.165, 1.54) is 0 Å². The molecule has 3 amide bonds. The summed E-state index contributed by atoms with van der Waals surface area (Å²) in [5, 5.41) is 5.91. The molecule has 1 saturated heterocycles. The number of fused-ring (bicyclic) bond motifs is 2. The van der Waals surface area contributed by atoms with Gasteiger partial charge in [0.1, 0.15) is 6.04 Å². The number of nitrogens with one attached hydrogen (secondary N) is 2. The van der Waals surface area contributed by atoms with Gasteiger partial charge in [-0.05, 0) is 54.2 Å². The zero-order valence-corrected chi connectivity index (χ0v) is 19.7. The molecular formula is C27H35N3O2. The van der Waals surface area contributed by atoms with E-state index in [1.54, 1.807) is 0 Å². The maximum atomic E-state index is 13.8. The molecule has 3 atom stereocenters. The molecule has 0 spiro atoms. The van der Waals surface area contributed by atoms with E-state index in [9.17, 15) is 9.59 Å². The molecule has 4 rings (SSSR count). The van der Waals surface area contributed by atoms with Crippen molar-refractivity contribution in [2.75, 3.05) is 11.9 Å². The summed E-state index contributed by atoms with van der Waals surface area (Å²) in [6.45, 7) is 9.64. The standard InChI is InChI=1S/C27H35N3O2/c1-19-10-8-9-13-22(19)28-25(32)29-23(14-20-11-6-5-7-12-20)24(31)30-18-27(4)16-21(30)15-26(2,3)17-27/h5-13,21,23H,14-18H2,1-4H3,(H2,28,29,32). The number of carbonyl (C=O) groups is 2. The number of aryl methyl sites for hydroxylation is 1. The minimum Gasteiger partial charge on any atom is -0.337 e. The molecule has 1 saturated carbocycles. The van der Waals surface area contributed by atoms with Crippen LogP contribution in [0.25, 0.3) is 0 Å². The van der Waals surface area contributed by atoms with Crippen LogP contribution in [-0.4, -0.2) is 35.5 Å². The molecule has 0 aromatic heterocycles. The first-order valence-electron chi connectivity index (χ1n) is 11.6. The number of rotatable bonds is 5. The van der Waals surface area contributed by atoms with Crippen molar-refractivity contribution in [1.29, 1.82) is 0 Å². The molecule has 3 unspecified atom stereocenters. The molecule has 2 aromatic carbocycles. The van der Waals surface area contributed by atoms with E-state index < -0.39 is 6.04 Å². The van der Waals surface area contributed by atoms with Crippen LogP contribution >= 0.6 is 0 Å². The van der Waals surface area contributed by atoms with Gasteiger partial charge in [-0.2, -0.15) is 0 Å². The number of anilines is 1. The van der Waals surface area contributed by atoms with Gasteiger partial charge in [-0.25, -0.2) is 4.79 Å². The number of urea groups is 1. The molecule has 2 fully saturated rings. The Kier molecular flexibility index (Phi) is 6.02. The number of nitrogens with zero attached hydrogens (tertiary/aromatic N) is 1. The van der Waals surface area contributed by atoms with E-state index in [4.69, 9.17) is 0 Å². The van der Waals surface area contributed by atoms with Crippen molar-refractivity contribution in [2.45, 2.75) is 65.5 Å². The fourth-order valence-corrected chi connectivity index (χ4v) is 6.00. The SMILES string of the molecule is Cc1ccccc1NC(=O)NC(Cc1ccccc1)C(=O)N1CC2(C)CC1CC(C)(C)C2. The highest BCUT2D eigenvalue weighted by Crippen LogP contribution is 2.52. The van der Waals surface area contributed by atoms with Crippen LogP contribution in [-0.2, 0) is 11.2 Å². The number of amides is 3. The van der Waals surface area contributed by atoms with Crippen molar-refractivity contribution in [2.24, 2.45) is 10.8 Å². The summed E-state index contributed by atoms with van der Waals surface area (Å²) in [6.07, 6.45) is 3.67. The van der Waals surface area contributed by atoms with Crippen LogP contribution in [0.1, 0.15) is 51.2 Å². The normalized spacial score (nSPS) is 24.6. The Morgan fingerprint density at radius 3 is 2.44 bits per heavy atom. The molecule has 1 aliphatic carbocycles. The Morgan fingerprint density at radius 2 is 1.72 bits per heavy atom. The third-order valence-electron chi connectivity index (χ3n) is 6.98. The van der Waals surface area contributed by atoms with Crippen molar-refractivity contribution in [3.63, 3.8) is 0 Å². The number of para-hydroxylation sites is 1. The second-order valence-electron chi connectivity index (χ2n) is 10.8. The van der Waals surface area contributed by atoms with Crippen LogP contribution in [0.2, 0.25) is 0 Å². The predicted molar refractivity (Wildman–Crippen MR) is 129 cm³/mol.